The average Bonchev–Trinajstić information content (AvgIpc) is 2.84. The average molecular weight is 481 g/mol. The summed E-state index contributed by atoms with van der Waals surface area (Å²) >= 11 is 0. The van der Waals surface area contributed by atoms with Gasteiger partial charge in [0.05, 0.1) is 12.5 Å². The second kappa shape index (κ2) is 27.1. The molecule has 2 atom stereocenters. The summed E-state index contributed by atoms with van der Waals surface area (Å²) in [5.74, 6) is 0.684. The van der Waals surface area contributed by atoms with Gasteiger partial charge in [0.2, 0.25) is 0 Å². The summed E-state index contributed by atoms with van der Waals surface area (Å²) in [5.41, 5.74) is 0. The van der Waals surface area contributed by atoms with Crippen molar-refractivity contribution in [2.24, 2.45) is 11.8 Å². The van der Waals surface area contributed by atoms with Gasteiger partial charge in [-0.2, -0.15) is 0 Å². The Hall–Kier alpha value is -0.530. The van der Waals surface area contributed by atoms with Crippen LogP contribution in [0.15, 0.2) is 0 Å². The van der Waals surface area contributed by atoms with E-state index in [0.717, 1.165) is 6.42 Å². The van der Waals surface area contributed by atoms with Gasteiger partial charge in [0.25, 0.3) is 0 Å². The molecular weight excluding hydrogens is 416 g/mol. The Morgan fingerprint density at radius 3 is 1.21 bits per heavy atom. The minimum atomic E-state index is 0.0500. The van der Waals surface area contributed by atoms with Crippen LogP contribution in [0.3, 0.4) is 0 Å². The van der Waals surface area contributed by atoms with Crippen molar-refractivity contribution in [3.8, 4) is 0 Å². The molecular formula is C32H64O2. The van der Waals surface area contributed by atoms with Crippen LogP contribution in [0.5, 0.6) is 0 Å². The summed E-state index contributed by atoms with van der Waals surface area (Å²) in [6.45, 7) is 9.55. The van der Waals surface area contributed by atoms with Crippen LogP contribution in [0.2, 0.25) is 0 Å². The van der Waals surface area contributed by atoms with Gasteiger partial charge in [-0.25, -0.2) is 0 Å². The molecule has 2 heteroatoms. The highest BCUT2D eigenvalue weighted by molar-refractivity contribution is 5.71. The molecule has 0 aliphatic heterocycles. The summed E-state index contributed by atoms with van der Waals surface area (Å²) in [4.78, 5) is 12.6. The van der Waals surface area contributed by atoms with E-state index in [2.05, 4.69) is 27.7 Å². The van der Waals surface area contributed by atoms with E-state index >= 15 is 0 Å². The van der Waals surface area contributed by atoms with E-state index in [1.807, 2.05) is 0 Å². The first-order valence-electron chi connectivity index (χ1n) is 15.8. The van der Waals surface area contributed by atoms with E-state index in [1.165, 1.54) is 148 Å². The molecule has 0 fully saturated rings. The lowest BCUT2D eigenvalue weighted by Gasteiger charge is -2.19. The molecule has 0 rings (SSSR count). The Bertz CT molecular complexity index is 406. The molecule has 0 saturated heterocycles. The van der Waals surface area contributed by atoms with Crippen molar-refractivity contribution in [1.82, 2.24) is 0 Å². The van der Waals surface area contributed by atoms with Crippen molar-refractivity contribution >= 4 is 5.97 Å². The monoisotopic (exact) mass is 480 g/mol. The van der Waals surface area contributed by atoms with Crippen LogP contribution in [0.25, 0.3) is 0 Å². The predicted octanol–water partition coefficient (Wildman–Crippen LogP) is 11.2. The number of hydrogen-bond acceptors (Lipinski definition) is 2. The summed E-state index contributed by atoms with van der Waals surface area (Å²) in [5, 5.41) is 0. The van der Waals surface area contributed by atoms with Crippen molar-refractivity contribution in [3.05, 3.63) is 0 Å². The first-order chi connectivity index (χ1) is 16.7. The van der Waals surface area contributed by atoms with Crippen molar-refractivity contribution in [2.45, 2.75) is 182 Å². The maximum atomic E-state index is 12.6. The molecule has 204 valence electrons. The van der Waals surface area contributed by atoms with Gasteiger partial charge in [-0.15, -0.1) is 0 Å². The van der Waals surface area contributed by atoms with Gasteiger partial charge in [-0.1, -0.05) is 163 Å². The Balaban J connectivity index is 4.15. The molecule has 0 aromatic heterocycles. The van der Waals surface area contributed by atoms with Gasteiger partial charge in [0, 0.05) is 0 Å². The second-order valence-electron chi connectivity index (χ2n) is 11.1. The van der Waals surface area contributed by atoms with E-state index in [4.69, 9.17) is 4.74 Å². The molecule has 34 heavy (non-hydrogen) atoms. The van der Waals surface area contributed by atoms with Crippen LogP contribution in [0.1, 0.15) is 182 Å². The molecule has 0 saturated carbocycles. The van der Waals surface area contributed by atoms with E-state index < -0.39 is 0 Å². The lowest BCUT2D eigenvalue weighted by atomic mass is 9.94. The number of unbranched alkanes of at least 4 members (excludes halogenated alkanes) is 18. The Kier molecular flexibility index (Phi) is 26.6. The number of hydrogen-bond donors (Lipinski definition) is 0. The summed E-state index contributed by atoms with van der Waals surface area (Å²) in [6, 6.07) is 0. The molecule has 0 amide bonds. The van der Waals surface area contributed by atoms with Crippen LogP contribution in [-0.2, 0) is 9.53 Å². The topological polar surface area (TPSA) is 26.3 Å². The Labute approximate surface area is 215 Å². The zero-order valence-corrected chi connectivity index (χ0v) is 24.1. The predicted molar refractivity (Wildman–Crippen MR) is 151 cm³/mol. The van der Waals surface area contributed by atoms with Crippen LogP contribution in [-0.4, -0.2) is 12.6 Å². The molecule has 0 aliphatic carbocycles. The fourth-order valence-corrected chi connectivity index (χ4v) is 4.96. The Morgan fingerprint density at radius 1 is 0.500 bits per heavy atom. The van der Waals surface area contributed by atoms with E-state index in [1.54, 1.807) is 0 Å². The molecule has 2 unspecified atom stereocenters. The number of carbonyl (C=O) groups excluding carboxylic acids is 1. The maximum absolute atomic E-state index is 12.6. The molecule has 2 nitrogen and oxygen atoms in total. The number of carbonyl (C=O) groups is 1. The molecule has 0 radical (unpaired) electrons. The summed E-state index contributed by atoms with van der Waals surface area (Å²) < 4.78 is 5.86. The van der Waals surface area contributed by atoms with E-state index in [-0.39, 0.29) is 11.9 Å². The number of esters is 1. The lowest BCUT2D eigenvalue weighted by Crippen LogP contribution is -2.20. The largest absolute Gasteiger partial charge is 0.465 e. The first-order valence-corrected chi connectivity index (χ1v) is 15.8. The molecule has 0 aliphatic rings. The highest BCUT2D eigenvalue weighted by Crippen LogP contribution is 2.21. The zero-order chi connectivity index (χ0) is 25.1. The first kappa shape index (κ1) is 33.5. The van der Waals surface area contributed by atoms with Gasteiger partial charge in [0.15, 0.2) is 0 Å². The van der Waals surface area contributed by atoms with Crippen molar-refractivity contribution < 1.29 is 9.53 Å². The quantitative estimate of drug-likeness (QED) is 0.0862. The van der Waals surface area contributed by atoms with Gasteiger partial charge < -0.3 is 4.74 Å². The van der Waals surface area contributed by atoms with Crippen LogP contribution >= 0.6 is 0 Å². The van der Waals surface area contributed by atoms with Crippen molar-refractivity contribution in [2.75, 3.05) is 6.61 Å². The second-order valence-corrected chi connectivity index (χ2v) is 11.1. The summed E-state index contributed by atoms with van der Waals surface area (Å²) in [6.07, 6.45) is 31.7. The smallest absolute Gasteiger partial charge is 0.308 e. The minimum absolute atomic E-state index is 0.0500. The maximum Gasteiger partial charge on any atom is 0.308 e. The fraction of sp³-hybridized carbons (Fsp3) is 0.969. The van der Waals surface area contributed by atoms with Gasteiger partial charge >= 0.3 is 5.97 Å². The molecule has 0 aromatic carbocycles. The fourth-order valence-electron chi connectivity index (χ4n) is 4.96. The van der Waals surface area contributed by atoms with Crippen LogP contribution in [0.4, 0.5) is 0 Å². The molecule has 0 aromatic rings. The standard InChI is InChI=1S/C32H64O2/c1-5-8-11-14-17-19-22-25-28-31(27-24-21-18-15-12-9-6-2)29-34-32(33)30(4)26-23-20-16-13-10-7-3/h30-31H,5-29H2,1-4H3. The van der Waals surface area contributed by atoms with Gasteiger partial charge in [-0.05, 0) is 25.2 Å². The molecule has 0 heterocycles. The number of ether oxygens (including phenoxy) is 1. The minimum Gasteiger partial charge on any atom is -0.465 e. The molecule has 0 bridgehead atoms. The van der Waals surface area contributed by atoms with Crippen LogP contribution < -0.4 is 0 Å². The van der Waals surface area contributed by atoms with Crippen molar-refractivity contribution in [1.29, 1.82) is 0 Å². The van der Waals surface area contributed by atoms with Gasteiger partial charge in [0.1, 0.15) is 0 Å². The third-order valence-corrected chi connectivity index (χ3v) is 7.54. The highest BCUT2D eigenvalue weighted by atomic mass is 16.5. The van der Waals surface area contributed by atoms with Gasteiger partial charge in [-0.3, -0.25) is 4.79 Å². The van der Waals surface area contributed by atoms with Crippen molar-refractivity contribution in [3.63, 3.8) is 0 Å². The molecule has 0 spiro atoms. The normalized spacial score (nSPS) is 13.2. The van der Waals surface area contributed by atoms with E-state index in [9.17, 15) is 4.79 Å². The van der Waals surface area contributed by atoms with E-state index in [0.29, 0.717) is 12.5 Å². The highest BCUT2D eigenvalue weighted by Gasteiger charge is 2.17. The summed E-state index contributed by atoms with van der Waals surface area (Å²) in [7, 11) is 0. The Morgan fingerprint density at radius 2 is 0.824 bits per heavy atom. The third-order valence-electron chi connectivity index (χ3n) is 7.54. The third kappa shape index (κ3) is 23.2. The number of rotatable bonds is 27. The zero-order valence-electron chi connectivity index (χ0n) is 24.1. The SMILES string of the molecule is CCCCCCCCCCC(CCCCCCCCC)COC(=O)C(C)CCCCCCCC. The molecule has 0 N–H and O–H groups in total. The van der Waals surface area contributed by atoms with Crippen LogP contribution in [0, 0.1) is 11.8 Å². The lowest BCUT2D eigenvalue weighted by molar-refractivity contribution is -0.149.